The first kappa shape index (κ1) is 22.6. The fourth-order valence-corrected chi connectivity index (χ4v) is 2.96. The molecule has 2 amide bonds. The summed E-state index contributed by atoms with van der Waals surface area (Å²) in [6.07, 6.45) is 0.764. The van der Waals surface area contributed by atoms with Crippen LogP contribution in [0.3, 0.4) is 0 Å². The number of benzene rings is 1. The van der Waals surface area contributed by atoms with Gasteiger partial charge in [0.2, 0.25) is 5.91 Å². The first-order valence-electron chi connectivity index (χ1n) is 9.81. The van der Waals surface area contributed by atoms with Crippen molar-refractivity contribution in [3.05, 3.63) is 54.2 Å². The molecule has 2 aromatic rings. The zero-order chi connectivity index (χ0) is 21.4. The van der Waals surface area contributed by atoms with E-state index in [2.05, 4.69) is 15.6 Å². The molecule has 7 nitrogen and oxygen atoms in total. The molecule has 8 heteroatoms. The van der Waals surface area contributed by atoms with E-state index in [1.54, 1.807) is 19.1 Å². The molecule has 0 bridgehead atoms. The molecule has 0 saturated heterocycles. The molecule has 154 valence electrons. The van der Waals surface area contributed by atoms with E-state index in [0.29, 0.717) is 18.5 Å². The Hall–Kier alpha value is -2.71. The standard InChI is InChI=1S/C21H28BN3O4/c1-4-16(20(26)25-19(22(28)29)13-14(2)3)24-21(27)18-12-8-11-17(23-18)15-9-6-5-7-10-15/h5-12,14,16,19,28-29H,4,13H2,1-3H3,(H,24,27)(H,25,26)/t16-,19-/m0/s1. The lowest BCUT2D eigenvalue weighted by Crippen LogP contribution is -2.54. The lowest BCUT2D eigenvalue weighted by Gasteiger charge is -2.23. The summed E-state index contributed by atoms with van der Waals surface area (Å²) in [7, 11) is -1.67. The van der Waals surface area contributed by atoms with Gasteiger partial charge in [0.25, 0.3) is 5.91 Å². The number of carbonyl (C=O) groups is 2. The van der Waals surface area contributed by atoms with Crippen LogP contribution in [0.5, 0.6) is 0 Å². The molecule has 0 aliphatic carbocycles. The first-order valence-corrected chi connectivity index (χ1v) is 9.81. The van der Waals surface area contributed by atoms with Gasteiger partial charge in [-0.25, -0.2) is 4.98 Å². The molecule has 0 fully saturated rings. The number of aromatic nitrogens is 1. The zero-order valence-corrected chi connectivity index (χ0v) is 17.0. The molecule has 0 spiro atoms. The Kier molecular flexibility index (Phi) is 8.36. The number of carbonyl (C=O) groups excluding carboxylic acids is 2. The fourth-order valence-electron chi connectivity index (χ4n) is 2.96. The zero-order valence-electron chi connectivity index (χ0n) is 17.0. The van der Waals surface area contributed by atoms with E-state index in [9.17, 15) is 19.6 Å². The van der Waals surface area contributed by atoms with Gasteiger partial charge in [-0.15, -0.1) is 0 Å². The highest BCUT2D eigenvalue weighted by atomic mass is 16.4. The molecule has 0 aliphatic heterocycles. The first-order chi connectivity index (χ1) is 13.8. The molecule has 1 aromatic carbocycles. The lowest BCUT2D eigenvalue weighted by molar-refractivity contribution is -0.123. The molecular weight excluding hydrogens is 369 g/mol. The average molecular weight is 397 g/mol. The SMILES string of the molecule is CC[C@H](NC(=O)c1cccc(-c2ccccc2)n1)C(=O)N[C@@H](CC(C)C)B(O)O. The van der Waals surface area contributed by atoms with Gasteiger partial charge < -0.3 is 20.7 Å². The Morgan fingerprint density at radius 2 is 1.72 bits per heavy atom. The predicted molar refractivity (Wildman–Crippen MR) is 113 cm³/mol. The van der Waals surface area contributed by atoms with E-state index in [4.69, 9.17) is 0 Å². The highest BCUT2D eigenvalue weighted by Crippen LogP contribution is 2.16. The van der Waals surface area contributed by atoms with Crippen molar-refractivity contribution in [2.24, 2.45) is 5.92 Å². The van der Waals surface area contributed by atoms with Crippen LogP contribution in [0.2, 0.25) is 0 Å². The summed E-state index contributed by atoms with van der Waals surface area (Å²) in [4.78, 5) is 29.6. The maximum atomic E-state index is 12.6. The van der Waals surface area contributed by atoms with E-state index >= 15 is 0 Å². The number of nitrogens with one attached hydrogen (secondary N) is 2. The minimum Gasteiger partial charge on any atom is -0.426 e. The summed E-state index contributed by atoms with van der Waals surface area (Å²) in [5.74, 6) is -1.55. The molecule has 1 heterocycles. The van der Waals surface area contributed by atoms with Crippen LogP contribution >= 0.6 is 0 Å². The molecule has 2 atom stereocenters. The quantitative estimate of drug-likeness (QED) is 0.482. The second kappa shape index (κ2) is 10.7. The summed E-state index contributed by atoms with van der Waals surface area (Å²) in [5, 5.41) is 24.3. The van der Waals surface area contributed by atoms with Crippen LogP contribution in [0.1, 0.15) is 44.1 Å². The highest BCUT2D eigenvalue weighted by molar-refractivity contribution is 6.43. The third kappa shape index (κ3) is 6.69. The van der Waals surface area contributed by atoms with Gasteiger partial charge in [-0.05, 0) is 30.9 Å². The minimum atomic E-state index is -1.67. The van der Waals surface area contributed by atoms with E-state index in [1.807, 2.05) is 50.2 Å². The molecule has 0 aliphatic rings. The van der Waals surface area contributed by atoms with Crippen LogP contribution in [-0.2, 0) is 4.79 Å². The lowest BCUT2D eigenvalue weighted by atomic mass is 9.75. The summed E-state index contributed by atoms with van der Waals surface area (Å²) >= 11 is 0. The Labute approximate surface area is 171 Å². The third-order valence-corrected chi connectivity index (χ3v) is 4.49. The molecule has 0 saturated carbocycles. The van der Waals surface area contributed by atoms with Crippen LogP contribution in [0.15, 0.2) is 48.5 Å². The third-order valence-electron chi connectivity index (χ3n) is 4.49. The van der Waals surface area contributed by atoms with Gasteiger partial charge in [0.05, 0.1) is 11.6 Å². The van der Waals surface area contributed by atoms with Crippen molar-refractivity contribution in [2.45, 2.75) is 45.6 Å². The van der Waals surface area contributed by atoms with Crippen LogP contribution < -0.4 is 10.6 Å². The van der Waals surface area contributed by atoms with Crippen LogP contribution in [-0.4, -0.2) is 45.9 Å². The number of pyridine rings is 1. The van der Waals surface area contributed by atoms with Gasteiger partial charge in [0.15, 0.2) is 0 Å². The molecule has 29 heavy (non-hydrogen) atoms. The van der Waals surface area contributed by atoms with Crippen molar-refractivity contribution in [3.8, 4) is 11.3 Å². The van der Waals surface area contributed by atoms with Crippen molar-refractivity contribution < 1.29 is 19.6 Å². The van der Waals surface area contributed by atoms with Crippen molar-refractivity contribution in [3.63, 3.8) is 0 Å². The number of amides is 2. The van der Waals surface area contributed by atoms with Gasteiger partial charge >= 0.3 is 7.12 Å². The molecule has 4 N–H and O–H groups in total. The van der Waals surface area contributed by atoms with E-state index < -0.39 is 30.9 Å². The second-order valence-electron chi connectivity index (χ2n) is 7.37. The van der Waals surface area contributed by atoms with Gasteiger partial charge in [-0.1, -0.05) is 57.2 Å². The van der Waals surface area contributed by atoms with Crippen molar-refractivity contribution in [1.82, 2.24) is 15.6 Å². The maximum Gasteiger partial charge on any atom is 0.475 e. The van der Waals surface area contributed by atoms with E-state index in [0.717, 1.165) is 5.56 Å². The van der Waals surface area contributed by atoms with Gasteiger partial charge in [0.1, 0.15) is 11.7 Å². The Morgan fingerprint density at radius 3 is 2.31 bits per heavy atom. The number of nitrogens with zero attached hydrogens (tertiary/aromatic N) is 1. The monoisotopic (exact) mass is 397 g/mol. The van der Waals surface area contributed by atoms with E-state index in [1.165, 1.54) is 0 Å². The minimum absolute atomic E-state index is 0.168. The Bertz CT molecular complexity index is 815. The van der Waals surface area contributed by atoms with Crippen molar-refractivity contribution in [2.75, 3.05) is 0 Å². The Morgan fingerprint density at radius 1 is 1.03 bits per heavy atom. The number of hydrogen-bond donors (Lipinski definition) is 4. The molecule has 0 radical (unpaired) electrons. The average Bonchev–Trinajstić information content (AvgIpc) is 2.71. The summed E-state index contributed by atoms with van der Waals surface area (Å²) in [6.45, 7) is 5.61. The summed E-state index contributed by atoms with van der Waals surface area (Å²) in [6, 6.07) is 13.8. The smallest absolute Gasteiger partial charge is 0.426 e. The summed E-state index contributed by atoms with van der Waals surface area (Å²) < 4.78 is 0. The normalized spacial score (nSPS) is 12.9. The van der Waals surface area contributed by atoms with Crippen LogP contribution in [0.25, 0.3) is 11.3 Å². The largest absolute Gasteiger partial charge is 0.475 e. The number of hydrogen-bond acceptors (Lipinski definition) is 5. The molecule has 1 aromatic heterocycles. The predicted octanol–water partition coefficient (Wildman–Crippen LogP) is 1.80. The van der Waals surface area contributed by atoms with Crippen LogP contribution in [0.4, 0.5) is 0 Å². The van der Waals surface area contributed by atoms with Crippen molar-refractivity contribution in [1.29, 1.82) is 0 Å². The van der Waals surface area contributed by atoms with Gasteiger partial charge in [-0.2, -0.15) is 0 Å². The van der Waals surface area contributed by atoms with Gasteiger partial charge in [-0.3, -0.25) is 9.59 Å². The second-order valence-corrected chi connectivity index (χ2v) is 7.37. The number of rotatable bonds is 9. The summed E-state index contributed by atoms with van der Waals surface area (Å²) in [5.41, 5.74) is 1.76. The topological polar surface area (TPSA) is 112 Å². The highest BCUT2D eigenvalue weighted by Gasteiger charge is 2.29. The van der Waals surface area contributed by atoms with Crippen LogP contribution in [0, 0.1) is 5.92 Å². The van der Waals surface area contributed by atoms with Crippen molar-refractivity contribution >= 4 is 18.9 Å². The van der Waals surface area contributed by atoms with E-state index in [-0.39, 0.29) is 11.6 Å². The molecule has 0 unspecified atom stereocenters. The fraction of sp³-hybridized carbons (Fsp3) is 0.381. The molecular formula is C21H28BN3O4. The Balaban J connectivity index is 2.08. The maximum absolute atomic E-state index is 12.6. The molecule has 2 rings (SSSR count). The van der Waals surface area contributed by atoms with Gasteiger partial charge in [0, 0.05) is 5.56 Å².